The third kappa shape index (κ3) is 15.8. The number of carbonyl (C=O) groups is 2. The monoisotopic (exact) mass is 745 g/mol. The summed E-state index contributed by atoms with van der Waals surface area (Å²) in [6, 6.07) is 0. The molecule has 7 nitrogen and oxygen atoms in total. The fourth-order valence-corrected chi connectivity index (χ4v) is 10.5. The summed E-state index contributed by atoms with van der Waals surface area (Å²) in [6.07, 6.45) is 25.7. The first-order valence-corrected chi connectivity index (χ1v) is 22.1. The highest BCUT2D eigenvalue weighted by molar-refractivity contribution is 5.87. The molecule has 3 rings (SSSR count). The molecule has 0 aromatic carbocycles. The first kappa shape index (κ1) is 45.7. The van der Waals surface area contributed by atoms with Crippen LogP contribution in [-0.2, 0) is 23.8 Å². The lowest BCUT2D eigenvalue weighted by Crippen LogP contribution is -2.44. The second kappa shape index (κ2) is 25.5. The van der Waals surface area contributed by atoms with Crippen molar-refractivity contribution in [1.29, 1.82) is 0 Å². The Morgan fingerprint density at radius 1 is 0.623 bits per heavy atom. The normalized spacial score (nSPS) is 29.2. The largest absolute Gasteiger partial charge is 0.462 e. The maximum absolute atomic E-state index is 12.2. The van der Waals surface area contributed by atoms with Crippen molar-refractivity contribution in [3.63, 3.8) is 0 Å². The van der Waals surface area contributed by atoms with Crippen molar-refractivity contribution in [2.45, 2.75) is 169 Å². The van der Waals surface area contributed by atoms with E-state index in [1.54, 1.807) is 13.8 Å². The van der Waals surface area contributed by atoms with Crippen LogP contribution in [0.1, 0.15) is 163 Å². The molecule has 5 unspecified atom stereocenters. The Morgan fingerprint density at radius 3 is 1.72 bits per heavy atom. The fourth-order valence-electron chi connectivity index (χ4n) is 10.5. The van der Waals surface area contributed by atoms with Gasteiger partial charge in [0.15, 0.2) is 0 Å². The molecule has 53 heavy (non-hydrogen) atoms. The molecule has 0 aromatic rings. The van der Waals surface area contributed by atoms with Crippen molar-refractivity contribution in [1.82, 2.24) is 0 Å². The number of aliphatic hydroxyl groups excluding tert-OH is 2. The zero-order valence-corrected chi connectivity index (χ0v) is 34.5. The first-order valence-electron chi connectivity index (χ1n) is 22.1. The minimum Gasteiger partial charge on any atom is -0.462 e. The number of ether oxygens (including phenoxy) is 3. The Labute approximate surface area is 324 Å². The molecular weight excluding hydrogens is 664 g/mol. The summed E-state index contributed by atoms with van der Waals surface area (Å²) in [5, 5.41) is 19.4. The summed E-state index contributed by atoms with van der Waals surface area (Å²) < 4.78 is 17.8. The predicted octanol–water partition coefficient (Wildman–Crippen LogP) is 10.4. The lowest BCUT2D eigenvalue weighted by molar-refractivity contribution is -0.139. The van der Waals surface area contributed by atoms with E-state index >= 15 is 0 Å². The van der Waals surface area contributed by atoms with E-state index in [9.17, 15) is 19.8 Å². The van der Waals surface area contributed by atoms with Gasteiger partial charge >= 0.3 is 11.9 Å². The Kier molecular flexibility index (Phi) is 21.9. The molecular formula is C46H80O7. The molecule has 5 atom stereocenters. The zero-order chi connectivity index (χ0) is 38.6. The molecule has 0 radical (unpaired) electrons. The number of carbonyl (C=O) groups excluding carboxylic acids is 2. The highest BCUT2D eigenvalue weighted by Gasteiger charge is 2.44. The van der Waals surface area contributed by atoms with Crippen molar-refractivity contribution >= 4 is 11.9 Å². The smallest absolute Gasteiger partial charge is 0.333 e. The number of unbranched alkanes of at least 4 members (excludes halogenated alkanes) is 3. The number of rotatable bonds is 25. The van der Waals surface area contributed by atoms with E-state index in [4.69, 9.17) is 14.2 Å². The number of aliphatic hydroxyl groups is 2. The summed E-state index contributed by atoms with van der Waals surface area (Å²) >= 11 is 0. The lowest BCUT2D eigenvalue weighted by atomic mass is 9.58. The van der Waals surface area contributed by atoms with Crippen LogP contribution < -0.4 is 0 Å². The maximum Gasteiger partial charge on any atom is 0.333 e. The van der Waals surface area contributed by atoms with Crippen LogP contribution in [0.3, 0.4) is 0 Å². The van der Waals surface area contributed by atoms with Gasteiger partial charge in [-0.25, -0.2) is 9.59 Å². The number of esters is 2. The molecule has 7 heteroatoms. The third-order valence-corrected chi connectivity index (χ3v) is 13.5. The second-order valence-corrected chi connectivity index (χ2v) is 17.6. The van der Waals surface area contributed by atoms with Gasteiger partial charge in [0.2, 0.25) is 0 Å². The van der Waals surface area contributed by atoms with Gasteiger partial charge in [-0.2, -0.15) is 0 Å². The van der Waals surface area contributed by atoms with Crippen LogP contribution in [0.25, 0.3) is 0 Å². The fraction of sp³-hybridized carbons (Fsp3) is 0.870. The van der Waals surface area contributed by atoms with Gasteiger partial charge in [-0.15, -0.1) is 0 Å². The van der Waals surface area contributed by atoms with Gasteiger partial charge in [0, 0.05) is 36.9 Å². The molecule has 0 aliphatic heterocycles. The Bertz CT molecular complexity index is 1020. The van der Waals surface area contributed by atoms with E-state index in [0.717, 1.165) is 68.1 Å². The number of hydrogen-bond acceptors (Lipinski definition) is 7. The molecule has 0 aromatic heterocycles. The van der Waals surface area contributed by atoms with E-state index in [1.807, 2.05) is 0 Å². The van der Waals surface area contributed by atoms with Gasteiger partial charge in [0.1, 0.15) is 0 Å². The average molecular weight is 745 g/mol. The molecule has 3 saturated carbocycles. The van der Waals surface area contributed by atoms with Crippen LogP contribution >= 0.6 is 0 Å². The molecule has 0 heterocycles. The minimum atomic E-state index is -0.333. The highest BCUT2D eigenvalue weighted by Crippen LogP contribution is 2.52. The zero-order valence-electron chi connectivity index (χ0n) is 34.5. The van der Waals surface area contributed by atoms with E-state index in [2.05, 4.69) is 27.0 Å². The van der Waals surface area contributed by atoms with Crippen LogP contribution in [0, 0.1) is 53.3 Å². The number of hydrogen-bond donors (Lipinski definition) is 2. The Hall–Kier alpha value is -1.70. The molecule has 3 aliphatic rings. The van der Waals surface area contributed by atoms with Crippen LogP contribution in [0.5, 0.6) is 0 Å². The standard InChI is InChI=1S/C46H80O7/c1-7-9-10-11-15-35-18-20-37(21-19-35)38-22-23-43(39(28-38)14-8-2)42-29-40(16-12-25-52-45(49)33(3)4)44(51-27-24-36(31-47)32-48)41(30-42)17-13-26-53-46(50)34(5)6/h35-44,47-48H,3,5,7-32H2,1-2,4,6H3. The average Bonchev–Trinajstić information content (AvgIpc) is 3.16. The summed E-state index contributed by atoms with van der Waals surface area (Å²) in [7, 11) is 0. The van der Waals surface area contributed by atoms with Crippen molar-refractivity contribution in [2.24, 2.45) is 53.3 Å². The Balaban J connectivity index is 1.73. The van der Waals surface area contributed by atoms with E-state index in [1.165, 1.54) is 89.9 Å². The highest BCUT2D eigenvalue weighted by atomic mass is 16.5. The van der Waals surface area contributed by atoms with E-state index in [-0.39, 0.29) is 37.2 Å². The molecule has 3 aliphatic carbocycles. The first-order chi connectivity index (χ1) is 25.6. The van der Waals surface area contributed by atoms with Gasteiger partial charge in [-0.1, -0.05) is 84.8 Å². The molecule has 2 N–H and O–H groups in total. The lowest BCUT2D eigenvalue weighted by Gasteiger charge is -2.49. The molecule has 0 amide bonds. The molecule has 0 saturated heterocycles. The van der Waals surface area contributed by atoms with Gasteiger partial charge in [-0.05, 0) is 138 Å². The molecule has 306 valence electrons. The quantitative estimate of drug-likeness (QED) is 0.0545. The van der Waals surface area contributed by atoms with Crippen molar-refractivity contribution in [3.05, 3.63) is 24.3 Å². The van der Waals surface area contributed by atoms with Crippen LogP contribution in [0.2, 0.25) is 0 Å². The molecule has 0 bridgehead atoms. The van der Waals surface area contributed by atoms with Gasteiger partial charge in [0.25, 0.3) is 0 Å². The van der Waals surface area contributed by atoms with Gasteiger partial charge in [-0.3, -0.25) is 0 Å². The molecule has 0 spiro atoms. The van der Waals surface area contributed by atoms with Crippen molar-refractivity contribution < 1.29 is 34.0 Å². The van der Waals surface area contributed by atoms with Gasteiger partial charge in [0.05, 0.1) is 19.3 Å². The topological polar surface area (TPSA) is 102 Å². The molecule has 3 fully saturated rings. The summed E-state index contributed by atoms with van der Waals surface area (Å²) in [5.74, 6) is 4.69. The van der Waals surface area contributed by atoms with Crippen LogP contribution in [-0.4, -0.2) is 61.3 Å². The predicted molar refractivity (Wildman–Crippen MR) is 215 cm³/mol. The minimum absolute atomic E-state index is 0.0380. The summed E-state index contributed by atoms with van der Waals surface area (Å²) in [5.41, 5.74) is 0.846. The van der Waals surface area contributed by atoms with Crippen molar-refractivity contribution in [3.8, 4) is 0 Å². The SMILES string of the molecule is C=C(C)C(=O)OCCCC1CC(C2CCC(C3CCC(CCCCCC)CC3)CC2CCC)CC(CCCOC(=O)C(=C)C)C1OCCC(CO)CO. The summed E-state index contributed by atoms with van der Waals surface area (Å²) in [4.78, 5) is 24.3. The second-order valence-electron chi connectivity index (χ2n) is 17.6. The Morgan fingerprint density at radius 2 is 1.19 bits per heavy atom. The van der Waals surface area contributed by atoms with Crippen LogP contribution in [0.4, 0.5) is 0 Å². The maximum atomic E-state index is 12.2. The van der Waals surface area contributed by atoms with E-state index < -0.39 is 0 Å². The summed E-state index contributed by atoms with van der Waals surface area (Å²) in [6.45, 7) is 16.7. The van der Waals surface area contributed by atoms with Gasteiger partial charge < -0.3 is 24.4 Å². The third-order valence-electron chi connectivity index (χ3n) is 13.5. The van der Waals surface area contributed by atoms with E-state index in [0.29, 0.717) is 55.1 Å². The van der Waals surface area contributed by atoms with Crippen molar-refractivity contribution in [2.75, 3.05) is 33.0 Å². The van der Waals surface area contributed by atoms with Crippen LogP contribution in [0.15, 0.2) is 24.3 Å².